The van der Waals surface area contributed by atoms with Crippen molar-refractivity contribution < 1.29 is 23.5 Å². The van der Waals surface area contributed by atoms with Crippen LogP contribution in [0.1, 0.15) is 16.7 Å². The third-order valence-electron chi connectivity index (χ3n) is 5.34. The molecule has 4 rings (SSSR count). The zero-order valence-electron chi connectivity index (χ0n) is 18.7. The molecule has 0 saturated heterocycles. The second-order valence-electron chi connectivity index (χ2n) is 7.74. The molecule has 3 aromatic carbocycles. The van der Waals surface area contributed by atoms with E-state index < -0.39 is 17.6 Å². The Bertz CT molecular complexity index is 1260. The van der Waals surface area contributed by atoms with Crippen LogP contribution in [0.4, 0.5) is 15.8 Å². The number of nitrogens with one attached hydrogen (secondary N) is 1. The average molecular weight is 446 g/mol. The van der Waals surface area contributed by atoms with Gasteiger partial charge in [-0.1, -0.05) is 18.2 Å². The van der Waals surface area contributed by atoms with Crippen LogP contribution in [0.25, 0.3) is 5.57 Å². The van der Waals surface area contributed by atoms with Crippen molar-refractivity contribution >= 4 is 28.8 Å². The second-order valence-corrected chi connectivity index (χ2v) is 7.74. The quantitative estimate of drug-likeness (QED) is 0.548. The number of nitrogens with zero attached hydrogens (tertiary/aromatic N) is 1. The summed E-state index contributed by atoms with van der Waals surface area (Å²) < 4.78 is 24.2. The number of methoxy groups -OCH3 is 2. The normalized spacial score (nSPS) is 13.5. The minimum Gasteiger partial charge on any atom is -0.497 e. The lowest BCUT2D eigenvalue weighted by molar-refractivity contribution is -0.120. The Morgan fingerprint density at radius 3 is 2.09 bits per heavy atom. The van der Waals surface area contributed by atoms with E-state index in [0.717, 1.165) is 16.0 Å². The molecule has 7 heteroatoms. The molecule has 2 amide bonds. The van der Waals surface area contributed by atoms with Gasteiger partial charge in [-0.25, -0.2) is 9.29 Å². The number of hydrogen-bond acceptors (Lipinski definition) is 5. The maximum absolute atomic E-state index is 13.6. The minimum absolute atomic E-state index is 0.106. The van der Waals surface area contributed by atoms with Crippen molar-refractivity contribution in [3.05, 3.63) is 88.9 Å². The Labute approximate surface area is 191 Å². The summed E-state index contributed by atoms with van der Waals surface area (Å²) >= 11 is 0. The molecular formula is C26H23FN2O4. The number of halogens is 1. The Morgan fingerprint density at radius 1 is 0.818 bits per heavy atom. The first-order valence-corrected chi connectivity index (χ1v) is 10.3. The van der Waals surface area contributed by atoms with E-state index in [1.165, 1.54) is 38.5 Å². The van der Waals surface area contributed by atoms with Crippen LogP contribution < -0.4 is 19.7 Å². The lowest BCUT2D eigenvalue weighted by Crippen LogP contribution is -2.32. The lowest BCUT2D eigenvalue weighted by Gasteiger charge is -2.19. The van der Waals surface area contributed by atoms with E-state index >= 15 is 0 Å². The molecule has 0 atom stereocenters. The van der Waals surface area contributed by atoms with Crippen molar-refractivity contribution in [2.45, 2.75) is 13.8 Å². The topological polar surface area (TPSA) is 67.9 Å². The van der Waals surface area contributed by atoms with Crippen molar-refractivity contribution in [2.24, 2.45) is 0 Å². The number of aryl methyl sites for hydroxylation is 2. The van der Waals surface area contributed by atoms with Gasteiger partial charge < -0.3 is 14.8 Å². The third-order valence-corrected chi connectivity index (χ3v) is 5.34. The Morgan fingerprint density at radius 2 is 1.48 bits per heavy atom. The summed E-state index contributed by atoms with van der Waals surface area (Å²) in [5.74, 6) is -0.685. The predicted molar refractivity (Wildman–Crippen MR) is 125 cm³/mol. The van der Waals surface area contributed by atoms with Gasteiger partial charge in [0.1, 0.15) is 23.0 Å². The van der Waals surface area contributed by atoms with E-state index in [1.807, 2.05) is 32.0 Å². The van der Waals surface area contributed by atoms with Crippen LogP contribution in [-0.2, 0) is 9.59 Å². The molecular weight excluding hydrogens is 423 g/mol. The largest absolute Gasteiger partial charge is 0.497 e. The van der Waals surface area contributed by atoms with Crippen LogP contribution in [0.2, 0.25) is 0 Å². The lowest BCUT2D eigenvalue weighted by atomic mass is 10.0. The van der Waals surface area contributed by atoms with Gasteiger partial charge in [-0.05, 0) is 66.9 Å². The molecule has 0 saturated carbocycles. The molecule has 0 spiro atoms. The number of hydrogen-bond donors (Lipinski definition) is 1. The molecule has 0 fully saturated rings. The number of anilines is 2. The molecule has 0 radical (unpaired) electrons. The SMILES string of the molecule is COc1ccc(N2C(=O)C(Nc3cc(C)cc(C)c3)=C(c3ccc(F)cc3)C2=O)c(OC)c1. The summed E-state index contributed by atoms with van der Waals surface area (Å²) in [7, 11) is 2.97. The summed E-state index contributed by atoms with van der Waals surface area (Å²) in [4.78, 5) is 28.2. The molecule has 0 bridgehead atoms. The minimum atomic E-state index is -0.540. The maximum Gasteiger partial charge on any atom is 0.282 e. The highest BCUT2D eigenvalue weighted by Gasteiger charge is 2.41. The van der Waals surface area contributed by atoms with E-state index in [0.29, 0.717) is 22.7 Å². The summed E-state index contributed by atoms with van der Waals surface area (Å²) in [5.41, 5.74) is 3.65. The molecule has 0 aliphatic carbocycles. The van der Waals surface area contributed by atoms with Crippen molar-refractivity contribution in [1.82, 2.24) is 0 Å². The maximum atomic E-state index is 13.6. The molecule has 33 heavy (non-hydrogen) atoms. The second kappa shape index (κ2) is 8.78. The van der Waals surface area contributed by atoms with Gasteiger partial charge in [0.05, 0.1) is 25.5 Å². The number of carbonyl (C=O) groups is 2. The molecule has 1 aliphatic heterocycles. The van der Waals surface area contributed by atoms with Crippen LogP contribution in [0.5, 0.6) is 11.5 Å². The first-order valence-electron chi connectivity index (χ1n) is 10.3. The van der Waals surface area contributed by atoms with Crippen molar-refractivity contribution in [3.8, 4) is 11.5 Å². The zero-order chi connectivity index (χ0) is 23.7. The molecule has 1 heterocycles. The van der Waals surface area contributed by atoms with Crippen LogP contribution in [-0.4, -0.2) is 26.0 Å². The number of ether oxygens (including phenoxy) is 2. The Hall–Kier alpha value is -4.13. The van der Waals surface area contributed by atoms with Gasteiger partial charge in [-0.15, -0.1) is 0 Å². The van der Waals surface area contributed by atoms with Crippen LogP contribution >= 0.6 is 0 Å². The van der Waals surface area contributed by atoms with E-state index in [1.54, 1.807) is 18.2 Å². The number of amides is 2. The fourth-order valence-corrected chi connectivity index (χ4v) is 3.91. The summed E-state index contributed by atoms with van der Waals surface area (Å²) in [6.45, 7) is 3.90. The fourth-order valence-electron chi connectivity index (χ4n) is 3.91. The summed E-state index contributed by atoms with van der Waals surface area (Å²) in [5, 5.41) is 3.13. The van der Waals surface area contributed by atoms with Crippen molar-refractivity contribution in [2.75, 3.05) is 24.4 Å². The van der Waals surface area contributed by atoms with Gasteiger partial charge >= 0.3 is 0 Å². The highest BCUT2D eigenvalue weighted by molar-refractivity contribution is 6.46. The van der Waals surface area contributed by atoms with E-state index in [4.69, 9.17) is 9.47 Å². The number of imide groups is 1. The van der Waals surface area contributed by atoms with Crippen LogP contribution in [0.15, 0.2) is 66.4 Å². The number of benzene rings is 3. The Kier molecular flexibility index (Phi) is 5.87. The first-order chi connectivity index (χ1) is 15.8. The molecule has 1 N–H and O–H groups in total. The zero-order valence-corrected chi connectivity index (χ0v) is 18.7. The van der Waals surface area contributed by atoms with Gasteiger partial charge in [0.2, 0.25) is 0 Å². The van der Waals surface area contributed by atoms with Crippen molar-refractivity contribution in [1.29, 1.82) is 0 Å². The molecule has 168 valence electrons. The Balaban J connectivity index is 1.85. The summed E-state index contributed by atoms with van der Waals surface area (Å²) in [6.07, 6.45) is 0. The number of carbonyl (C=O) groups excluding carboxylic acids is 2. The summed E-state index contributed by atoms with van der Waals surface area (Å²) in [6, 6.07) is 16.1. The monoisotopic (exact) mass is 446 g/mol. The standard InChI is InChI=1S/C26H23FN2O4/c1-15-11-16(2)13-19(12-15)28-24-23(17-5-7-18(27)8-6-17)25(30)29(26(24)31)21-10-9-20(32-3)14-22(21)33-4/h5-14,28H,1-4H3. The van der Waals surface area contributed by atoms with Gasteiger partial charge in [0, 0.05) is 11.8 Å². The smallest absolute Gasteiger partial charge is 0.282 e. The number of rotatable bonds is 6. The molecule has 1 aliphatic rings. The van der Waals surface area contributed by atoms with Gasteiger partial charge in [0.25, 0.3) is 11.8 Å². The molecule has 6 nitrogen and oxygen atoms in total. The van der Waals surface area contributed by atoms with Crippen LogP contribution in [0, 0.1) is 19.7 Å². The fraction of sp³-hybridized carbons (Fsp3) is 0.154. The molecule has 0 aromatic heterocycles. The van der Waals surface area contributed by atoms with Crippen LogP contribution in [0.3, 0.4) is 0 Å². The predicted octanol–water partition coefficient (Wildman–Crippen LogP) is 4.86. The van der Waals surface area contributed by atoms with E-state index in [2.05, 4.69) is 5.32 Å². The third kappa shape index (κ3) is 4.17. The first kappa shape index (κ1) is 22.1. The highest BCUT2D eigenvalue weighted by Crippen LogP contribution is 2.39. The molecule has 3 aromatic rings. The molecule has 0 unspecified atom stereocenters. The highest BCUT2D eigenvalue weighted by atomic mass is 19.1. The van der Waals surface area contributed by atoms with Crippen molar-refractivity contribution in [3.63, 3.8) is 0 Å². The van der Waals surface area contributed by atoms with E-state index in [9.17, 15) is 14.0 Å². The van der Waals surface area contributed by atoms with Gasteiger partial charge in [-0.3, -0.25) is 9.59 Å². The van der Waals surface area contributed by atoms with Gasteiger partial charge in [0.15, 0.2) is 0 Å². The van der Waals surface area contributed by atoms with E-state index in [-0.39, 0.29) is 17.0 Å². The van der Waals surface area contributed by atoms with Gasteiger partial charge in [-0.2, -0.15) is 0 Å². The average Bonchev–Trinajstić information content (AvgIpc) is 3.02.